The molecule has 0 aliphatic rings. The van der Waals surface area contributed by atoms with Gasteiger partial charge in [-0.1, -0.05) is 18.2 Å². The zero-order valence-electron chi connectivity index (χ0n) is 9.51. The Morgan fingerprint density at radius 1 is 1.18 bits per heavy atom. The van der Waals surface area contributed by atoms with Gasteiger partial charge in [-0.05, 0) is 41.5 Å². The van der Waals surface area contributed by atoms with Crippen molar-refractivity contribution < 1.29 is 0 Å². The van der Waals surface area contributed by atoms with Crippen molar-refractivity contribution >= 4 is 32.8 Å². The van der Waals surface area contributed by atoms with Gasteiger partial charge in [-0.25, -0.2) is 0 Å². The summed E-state index contributed by atoms with van der Waals surface area (Å²) in [5.41, 5.74) is 7.53. The van der Waals surface area contributed by atoms with Crippen LogP contribution in [0.3, 0.4) is 0 Å². The van der Waals surface area contributed by atoms with E-state index in [1.54, 1.807) is 22.7 Å². The molecule has 0 bridgehead atoms. The fraction of sp³-hybridized carbons (Fsp3) is 0.143. The van der Waals surface area contributed by atoms with E-state index >= 15 is 0 Å². The topological polar surface area (TPSA) is 26.0 Å². The Kier molecular flexibility index (Phi) is 2.74. The molecule has 1 aromatic carbocycles. The monoisotopic (exact) mass is 259 g/mol. The SMILES string of the molecule is Cc1cc(C(N)c2cc3ccccc3s2)cs1. The minimum Gasteiger partial charge on any atom is -0.320 e. The predicted molar refractivity (Wildman–Crippen MR) is 76.9 cm³/mol. The van der Waals surface area contributed by atoms with E-state index in [1.807, 2.05) is 0 Å². The lowest BCUT2D eigenvalue weighted by Gasteiger charge is -2.06. The lowest BCUT2D eigenvalue weighted by atomic mass is 10.1. The largest absolute Gasteiger partial charge is 0.320 e. The number of hydrogen-bond acceptors (Lipinski definition) is 3. The van der Waals surface area contributed by atoms with Crippen LogP contribution in [0.5, 0.6) is 0 Å². The summed E-state index contributed by atoms with van der Waals surface area (Å²) >= 11 is 3.55. The minimum atomic E-state index is 0.0114. The molecule has 0 amide bonds. The van der Waals surface area contributed by atoms with Gasteiger partial charge in [0, 0.05) is 14.5 Å². The minimum absolute atomic E-state index is 0.0114. The first-order valence-corrected chi connectivity index (χ1v) is 7.23. The number of fused-ring (bicyclic) bond motifs is 1. The molecule has 2 aromatic heterocycles. The maximum absolute atomic E-state index is 6.31. The summed E-state index contributed by atoms with van der Waals surface area (Å²) in [4.78, 5) is 2.56. The van der Waals surface area contributed by atoms with Crippen LogP contribution >= 0.6 is 22.7 Å². The molecule has 0 spiro atoms. The number of nitrogens with two attached hydrogens (primary N) is 1. The summed E-state index contributed by atoms with van der Waals surface area (Å²) in [5.74, 6) is 0. The van der Waals surface area contributed by atoms with Crippen molar-refractivity contribution in [2.45, 2.75) is 13.0 Å². The smallest absolute Gasteiger partial charge is 0.0654 e. The highest BCUT2D eigenvalue weighted by Crippen LogP contribution is 2.33. The van der Waals surface area contributed by atoms with E-state index in [4.69, 9.17) is 5.73 Å². The average Bonchev–Trinajstić information content (AvgIpc) is 2.93. The molecule has 3 rings (SSSR count). The first kappa shape index (κ1) is 11.0. The molecule has 3 aromatic rings. The van der Waals surface area contributed by atoms with Crippen LogP contribution < -0.4 is 5.73 Å². The van der Waals surface area contributed by atoms with Gasteiger partial charge in [0.15, 0.2) is 0 Å². The van der Waals surface area contributed by atoms with Gasteiger partial charge >= 0.3 is 0 Å². The molecular weight excluding hydrogens is 246 g/mol. The molecule has 1 nitrogen and oxygen atoms in total. The van der Waals surface area contributed by atoms with Crippen molar-refractivity contribution in [2.75, 3.05) is 0 Å². The number of aryl methyl sites for hydroxylation is 1. The molecule has 0 radical (unpaired) electrons. The van der Waals surface area contributed by atoms with Gasteiger partial charge in [0.25, 0.3) is 0 Å². The van der Waals surface area contributed by atoms with Crippen LogP contribution in [-0.2, 0) is 0 Å². The van der Waals surface area contributed by atoms with Gasteiger partial charge in [-0.3, -0.25) is 0 Å². The van der Waals surface area contributed by atoms with Gasteiger partial charge in [-0.2, -0.15) is 0 Å². The van der Waals surface area contributed by atoms with Crippen LogP contribution in [0.2, 0.25) is 0 Å². The highest BCUT2D eigenvalue weighted by molar-refractivity contribution is 7.19. The van der Waals surface area contributed by atoms with Crippen molar-refractivity contribution in [3.63, 3.8) is 0 Å². The maximum atomic E-state index is 6.31. The molecule has 0 saturated carbocycles. The van der Waals surface area contributed by atoms with Gasteiger partial charge in [0.2, 0.25) is 0 Å². The maximum Gasteiger partial charge on any atom is 0.0654 e. The molecule has 86 valence electrons. The third kappa shape index (κ3) is 2.02. The summed E-state index contributed by atoms with van der Waals surface area (Å²) in [7, 11) is 0. The molecule has 0 fully saturated rings. The molecule has 1 unspecified atom stereocenters. The fourth-order valence-electron chi connectivity index (χ4n) is 1.95. The zero-order valence-corrected chi connectivity index (χ0v) is 11.1. The van der Waals surface area contributed by atoms with Crippen molar-refractivity contribution in [1.82, 2.24) is 0 Å². The summed E-state index contributed by atoms with van der Waals surface area (Å²) < 4.78 is 1.31. The average molecular weight is 259 g/mol. The summed E-state index contributed by atoms with van der Waals surface area (Å²) in [6.45, 7) is 2.12. The molecule has 17 heavy (non-hydrogen) atoms. The zero-order chi connectivity index (χ0) is 11.8. The number of rotatable bonds is 2. The number of hydrogen-bond donors (Lipinski definition) is 1. The van der Waals surface area contributed by atoms with Crippen molar-refractivity contribution in [2.24, 2.45) is 5.73 Å². The van der Waals surface area contributed by atoms with E-state index in [9.17, 15) is 0 Å². The highest BCUT2D eigenvalue weighted by Gasteiger charge is 2.13. The summed E-state index contributed by atoms with van der Waals surface area (Å²) in [5, 5.41) is 3.44. The fourth-order valence-corrected chi connectivity index (χ4v) is 3.78. The molecule has 2 heterocycles. The highest BCUT2D eigenvalue weighted by atomic mass is 32.1. The van der Waals surface area contributed by atoms with Crippen LogP contribution in [0.15, 0.2) is 41.8 Å². The third-order valence-electron chi connectivity index (χ3n) is 2.86. The Morgan fingerprint density at radius 2 is 2.00 bits per heavy atom. The van der Waals surface area contributed by atoms with E-state index in [0.717, 1.165) is 0 Å². The lowest BCUT2D eigenvalue weighted by molar-refractivity contribution is 0.899. The number of benzene rings is 1. The normalized spacial score (nSPS) is 13.1. The van der Waals surface area contributed by atoms with E-state index in [2.05, 4.69) is 48.7 Å². The second kappa shape index (κ2) is 4.26. The first-order valence-electron chi connectivity index (χ1n) is 5.53. The van der Waals surface area contributed by atoms with E-state index in [1.165, 1.54) is 25.4 Å². The Morgan fingerprint density at radius 3 is 2.71 bits per heavy atom. The van der Waals surface area contributed by atoms with Crippen LogP contribution in [-0.4, -0.2) is 0 Å². The van der Waals surface area contributed by atoms with Crippen molar-refractivity contribution in [3.8, 4) is 0 Å². The van der Waals surface area contributed by atoms with Crippen molar-refractivity contribution in [1.29, 1.82) is 0 Å². The Bertz CT molecular complexity index is 618. The van der Waals surface area contributed by atoms with Crippen LogP contribution in [0.1, 0.15) is 21.4 Å². The second-order valence-electron chi connectivity index (χ2n) is 4.15. The van der Waals surface area contributed by atoms with Gasteiger partial charge in [-0.15, -0.1) is 22.7 Å². The third-order valence-corrected chi connectivity index (χ3v) is 4.94. The van der Waals surface area contributed by atoms with E-state index < -0.39 is 0 Å². The molecule has 2 N–H and O–H groups in total. The standard InChI is InChI=1S/C14H13NS2/c1-9-6-11(8-16-9)14(15)13-7-10-4-2-3-5-12(10)17-13/h2-8,14H,15H2,1H3. The van der Waals surface area contributed by atoms with Gasteiger partial charge in [0.05, 0.1) is 6.04 Å². The molecule has 3 heteroatoms. The molecule has 1 atom stereocenters. The Labute approximate surface area is 109 Å². The Balaban J connectivity index is 2.03. The summed E-state index contributed by atoms with van der Waals surface area (Å²) in [6, 6.07) is 12.8. The van der Waals surface area contributed by atoms with E-state index in [0.29, 0.717) is 0 Å². The lowest BCUT2D eigenvalue weighted by Crippen LogP contribution is -2.08. The van der Waals surface area contributed by atoms with Crippen LogP contribution in [0.25, 0.3) is 10.1 Å². The van der Waals surface area contributed by atoms with E-state index in [-0.39, 0.29) is 6.04 Å². The molecule has 0 aliphatic carbocycles. The Hall–Kier alpha value is -1.16. The molecule has 0 aliphatic heterocycles. The van der Waals surface area contributed by atoms with Crippen LogP contribution in [0.4, 0.5) is 0 Å². The van der Waals surface area contributed by atoms with Gasteiger partial charge < -0.3 is 5.73 Å². The first-order chi connectivity index (χ1) is 8.24. The number of thiophene rings is 2. The molecule has 0 saturated heterocycles. The second-order valence-corrected chi connectivity index (χ2v) is 6.39. The quantitative estimate of drug-likeness (QED) is 0.728. The van der Waals surface area contributed by atoms with Crippen molar-refractivity contribution in [3.05, 3.63) is 57.1 Å². The summed E-state index contributed by atoms with van der Waals surface area (Å²) in [6.07, 6.45) is 0. The van der Waals surface area contributed by atoms with Gasteiger partial charge in [0.1, 0.15) is 0 Å². The predicted octanol–water partition coefficient (Wildman–Crippen LogP) is 4.32. The van der Waals surface area contributed by atoms with Crippen LogP contribution in [0, 0.1) is 6.92 Å². The molecular formula is C14H13NS2.